The lowest BCUT2D eigenvalue weighted by Gasteiger charge is -2.09. The van der Waals surface area contributed by atoms with Crippen LogP contribution in [-0.4, -0.2) is 36.4 Å². The molecule has 0 bridgehead atoms. The van der Waals surface area contributed by atoms with E-state index in [9.17, 15) is 9.59 Å². The number of methoxy groups -OCH3 is 2. The molecule has 0 aliphatic rings. The van der Waals surface area contributed by atoms with Crippen LogP contribution in [0.25, 0.3) is 11.5 Å². The maximum Gasteiger partial charge on any atom is 0.354 e. The molecule has 1 heterocycles. The van der Waals surface area contributed by atoms with Crippen molar-refractivity contribution >= 4 is 17.6 Å². The van der Waals surface area contributed by atoms with Crippen LogP contribution in [0.1, 0.15) is 25.7 Å². The highest BCUT2D eigenvalue weighted by molar-refractivity contribution is 5.98. The highest BCUT2D eigenvalue weighted by atomic mass is 16.5. The van der Waals surface area contributed by atoms with Crippen LogP contribution in [-0.2, 0) is 25.5 Å². The number of anilines is 1. The number of benzene rings is 1. The second-order valence-corrected chi connectivity index (χ2v) is 5.38. The monoisotopic (exact) mass is 359 g/mol. The zero-order chi connectivity index (χ0) is 18.9. The summed E-state index contributed by atoms with van der Waals surface area (Å²) in [6.45, 7) is 2.10. The van der Waals surface area contributed by atoms with Gasteiger partial charge in [0, 0.05) is 17.7 Å². The summed E-state index contributed by atoms with van der Waals surface area (Å²) in [7, 11) is 2.45. The molecular weight excluding hydrogens is 338 g/mol. The normalized spacial score (nSPS) is 11.1. The van der Waals surface area contributed by atoms with Gasteiger partial charge in [0.15, 0.2) is 0 Å². The second-order valence-electron chi connectivity index (χ2n) is 5.38. The number of rotatable bonds is 8. The Balaban J connectivity index is 2.12. The Labute approximate surface area is 151 Å². The largest absolute Gasteiger partial charge is 0.466 e. The highest BCUT2D eigenvalue weighted by Crippen LogP contribution is 2.21. The van der Waals surface area contributed by atoms with Crippen molar-refractivity contribution in [2.75, 3.05) is 19.5 Å². The molecule has 8 nitrogen and oxygen atoms in total. The number of hydrogen-bond acceptors (Lipinski definition) is 8. The number of carbonyl (C=O) groups excluding carboxylic acids is 2. The summed E-state index contributed by atoms with van der Waals surface area (Å²) >= 11 is 0. The molecule has 0 amide bonds. The Kier molecular flexibility index (Phi) is 6.90. The third-order valence-electron chi connectivity index (χ3n) is 3.49. The van der Waals surface area contributed by atoms with Crippen molar-refractivity contribution in [2.24, 2.45) is 0 Å². The van der Waals surface area contributed by atoms with E-state index in [1.807, 2.05) is 0 Å². The van der Waals surface area contributed by atoms with E-state index >= 15 is 0 Å². The SMILES string of the molecule is CCCCc1nnc(-c2ccc(N/C(=C/C(=O)OC)C(=O)OC)cc2)o1. The van der Waals surface area contributed by atoms with Gasteiger partial charge >= 0.3 is 11.9 Å². The maximum absolute atomic E-state index is 11.8. The highest BCUT2D eigenvalue weighted by Gasteiger charge is 2.13. The van der Waals surface area contributed by atoms with E-state index in [0.717, 1.165) is 30.9 Å². The number of aromatic nitrogens is 2. The van der Waals surface area contributed by atoms with Crippen molar-refractivity contribution in [1.82, 2.24) is 10.2 Å². The van der Waals surface area contributed by atoms with Gasteiger partial charge in [0.1, 0.15) is 5.70 Å². The zero-order valence-electron chi connectivity index (χ0n) is 14.9. The van der Waals surface area contributed by atoms with Crippen LogP contribution in [0.15, 0.2) is 40.5 Å². The van der Waals surface area contributed by atoms with Crippen molar-refractivity contribution in [3.8, 4) is 11.5 Å². The van der Waals surface area contributed by atoms with Crippen LogP contribution in [0.4, 0.5) is 5.69 Å². The Morgan fingerprint density at radius 1 is 1.15 bits per heavy atom. The third-order valence-corrected chi connectivity index (χ3v) is 3.49. The molecule has 0 aliphatic heterocycles. The van der Waals surface area contributed by atoms with Crippen molar-refractivity contribution in [1.29, 1.82) is 0 Å². The van der Waals surface area contributed by atoms with Gasteiger partial charge in [-0.1, -0.05) is 13.3 Å². The fourth-order valence-corrected chi connectivity index (χ4v) is 2.08. The van der Waals surface area contributed by atoms with Crippen LogP contribution < -0.4 is 5.32 Å². The first-order chi connectivity index (χ1) is 12.6. The molecule has 1 aromatic heterocycles. The standard InChI is InChI=1S/C18H21N3O5/c1-4-5-6-15-20-21-17(26-15)12-7-9-13(10-8-12)19-14(18(23)25-3)11-16(22)24-2/h7-11,19H,4-6H2,1-3H3/b14-11+. The molecule has 2 rings (SSSR count). The number of aryl methyl sites for hydroxylation is 1. The fraction of sp³-hybridized carbons (Fsp3) is 0.333. The van der Waals surface area contributed by atoms with E-state index in [2.05, 4.69) is 31.9 Å². The predicted octanol–water partition coefficient (Wildman–Crippen LogP) is 2.72. The van der Waals surface area contributed by atoms with Gasteiger partial charge in [-0.15, -0.1) is 10.2 Å². The summed E-state index contributed by atoms with van der Waals surface area (Å²) in [5.74, 6) is -0.309. The van der Waals surface area contributed by atoms with Crippen molar-refractivity contribution < 1.29 is 23.5 Å². The van der Waals surface area contributed by atoms with Gasteiger partial charge in [0.05, 0.1) is 20.3 Å². The summed E-state index contributed by atoms with van der Waals surface area (Å²) in [4.78, 5) is 23.1. The number of ether oxygens (including phenoxy) is 2. The molecule has 1 aromatic carbocycles. The van der Waals surface area contributed by atoms with Crippen LogP contribution >= 0.6 is 0 Å². The molecule has 2 aromatic rings. The number of nitrogens with one attached hydrogen (secondary N) is 1. The lowest BCUT2D eigenvalue weighted by Crippen LogP contribution is -2.15. The zero-order valence-corrected chi connectivity index (χ0v) is 14.9. The van der Waals surface area contributed by atoms with Crippen molar-refractivity contribution in [3.63, 3.8) is 0 Å². The van der Waals surface area contributed by atoms with Gasteiger partial charge in [0.25, 0.3) is 0 Å². The summed E-state index contributed by atoms with van der Waals surface area (Å²) in [5, 5.41) is 10.9. The number of hydrogen-bond donors (Lipinski definition) is 1. The van der Waals surface area contributed by atoms with Crippen molar-refractivity contribution in [3.05, 3.63) is 41.9 Å². The average Bonchev–Trinajstić information content (AvgIpc) is 3.14. The molecular formula is C18H21N3O5. The minimum atomic E-state index is -0.683. The number of esters is 2. The summed E-state index contributed by atoms with van der Waals surface area (Å²) < 4.78 is 14.8. The van der Waals surface area contributed by atoms with Gasteiger partial charge in [-0.2, -0.15) is 0 Å². The Hall–Kier alpha value is -3.16. The number of carbonyl (C=O) groups is 2. The average molecular weight is 359 g/mol. The van der Waals surface area contributed by atoms with E-state index in [0.29, 0.717) is 17.5 Å². The van der Waals surface area contributed by atoms with E-state index < -0.39 is 11.9 Å². The molecule has 0 aliphatic carbocycles. The molecule has 138 valence electrons. The molecule has 8 heteroatoms. The quantitative estimate of drug-likeness (QED) is 0.567. The molecule has 0 saturated heterocycles. The topological polar surface area (TPSA) is 104 Å². The molecule has 0 unspecified atom stereocenters. The summed E-state index contributed by atoms with van der Waals surface area (Å²) in [5.41, 5.74) is 1.30. The maximum atomic E-state index is 11.8. The fourth-order valence-electron chi connectivity index (χ4n) is 2.08. The van der Waals surface area contributed by atoms with Gasteiger partial charge in [0.2, 0.25) is 11.8 Å². The first-order valence-electron chi connectivity index (χ1n) is 8.15. The number of unbranched alkanes of at least 4 members (excludes halogenated alkanes) is 1. The number of nitrogens with zero attached hydrogens (tertiary/aromatic N) is 2. The summed E-state index contributed by atoms with van der Waals surface area (Å²) in [6, 6.07) is 6.98. The minimum absolute atomic E-state index is 0.0354. The van der Waals surface area contributed by atoms with Crippen LogP contribution in [0, 0.1) is 0 Å². The first kappa shape index (κ1) is 19.2. The molecule has 0 fully saturated rings. The lowest BCUT2D eigenvalue weighted by atomic mass is 10.2. The smallest absolute Gasteiger partial charge is 0.354 e. The molecule has 0 radical (unpaired) electrons. The Morgan fingerprint density at radius 3 is 2.50 bits per heavy atom. The van der Waals surface area contributed by atoms with Gasteiger partial charge in [-0.05, 0) is 30.7 Å². The summed E-state index contributed by atoms with van der Waals surface area (Å²) in [6.07, 6.45) is 3.83. The Bertz CT molecular complexity index is 780. The molecule has 0 atom stereocenters. The second kappa shape index (κ2) is 9.36. The first-order valence-corrected chi connectivity index (χ1v) is 8.15. The predicted molar refractivity (Wildman–Crippen MR) is 94.1 cm³/mol. The van der Waals surface area contributed by atoms with E-state index in [1.165, 1.54) is 14.2 Å². The molecule has 0 saturated carbocycles. The molecule has 26 heavy (non-hydrogen) atoms. The third kappa shape index (κ3) is 5.17. The van der Waals surface area contributed by atoms with Crippen LogP contribution in [0.3, 0.4) is 0 Å². The molecule has 1 N–H and O–H groups in total. The Morgan fingerprint density at radius 2 is 1.88 bits per heavy atom. The van der Waals surface area contributed by atoms with E-state index in [1.54, 1.807) is 24.3 Å². The van der Waals surface area contributed by atoms with E-state index in [4.69, 9.17) is 4.42 Å². The van der Waals surface area contributed by atoms with E-state index in [-0.39, 0.29) is 5.70 Å². The van der Waals surface area contributed by atoms with Crippen LogP contribution in [0.2, 0.25) is 0 Å². The van der Waals surface area contributed by atoms with Gasteiger partial charge in [-0.3, -0.25) is 0 Å². The molecule has 0 spiro atoms. The minimum Gasteiger partial charge on any atom is -0.466 e. The lowest BCUT2D eigenvalue weighted by molar-refractivity contribution is -0.138. The van der Waals surface area contributed by atoms with Crippen LogP contribution in [0.5, 0.6) is 0 Å². The van der Waals surface area contributed by atoms with Crippen molar-refractivity contribution in [2.45, 2.75) is 26.2 Å². The van der Waals surface area contributed by atoms with Gasteiger partial charge in [-0.25, -0.2) is 9.59 Å². The van der Waals surface area contributed by atoms with Gasteiger partial charge < -0.3 is 19.2 Å².